The van der Waals surface area contributed by atoms with Crippen LogP contribution in [0, 0.1) is 0 Å². The molecule has 0 saturated carbocycles. The lowest BCUT2D eigenvalue weighted by Crippen LogP contribution is -2.50. The Bertz CT molecular complexity index is 1130. The second kappa shape index (κ2) is 11.6. The molecule has 0 aliphatic rings. The zero-order valence-electron chi connectivity index (χ0n) is 20.8. The van der Waals surface area contributed by atoms with Crippen LogP contribution < -0.4 is 10.1 Å². The lowest BCUT2D eigenvalue weighted by atomic mass is 9.94. The molecule has 3 rings (SSSR count). The van der Waals surface area contributed by atoms with Crippen LogP contribution in [0.3, 0.4) is 0 Å². The molecule has 1 amide bonds. The summed E-state index contributed by atoms with van der Waals surface area (Å²) in [5.41, 5.74) is 1.82. The second-order valence-electron chi connectivity index (χ2n) is 9.95. The number of halogens is 1. The van der Waals surface area contributed by atoms with Crippen LogP contribution in [-0.2, 0) is 11.2 Å². The van der Waals surface area contributed by atoms with Crippen molar-refractivity contribution in [3.05, 3.63) is 83.4 Å². The highest BCUT2D eigenvalue weighted by Gasteiger charge is 2.28. The highest BCUT2D eigenvalue weighted by Crippen LogP contribution is 2.30. The normalized spacial score (nSPS) is 13.1. The number of carbonyl (C=O) groups is 1. The molecule has 0 heterocycles. The minimum Gasteiger partial charge on any atom is -0.457 e. The molecule has 0 bridgehead atoms. The molecule has 0 aliphatic carbocycles. The number of aryl methyl sites for hydroxylation is 1. The zero-order valence-corrected chi connectivity index (χ0v) is 21.6. The lowest BCUT2D eigenvalue weighted by molar-refractivity contribution is 0.0404. The number of rotatable bonds is 9. The van der Waals surface area contributed by atoms with Gasteiger partial charge >= 0.3 is 6.09 Å². The highest BCUT2D eigenvalue weighted by molar-refractivity contribution is 6.31. The van der Waals surface area contributed by atoms with Crippen LogP contribution >= 0.6 is 11.6 Å². The van der Waals surface area contributed by atoms with Gasteiger partial charge in [0, 0.05) is 5.02 Å². The fraction of sp³-hybridized carbons (Fsp3) is 0.345. The average Bonchev–Trinajstić information content (AvgIpc) is 2.80. The van der Waals surface area contributed by atoms with Crippen molar-refractivity contribution in [2.45, 2.75) is 58.1 Å². The first-order valence-electron chi connectivity index (χ1n) is 11.8. The summed E-state index contributed by atoms with van der Waals surface area (Å²) >= 11 is 6.54. The van der Waals surface area contributed by atoms with E-state index < -0.39 is 17.2 Å². The Labute approximate surface area is 213 Å². The molecule has 3 aromatic carbocycles. The standard InChI is InChI=1S/C29H34ClNO4/c1-28(2,3)35-27(33)31-29(4,20-32)17-9-13-22-15-16-25(19-26(22)30)34-24-14-8-12-23(18-24)21-10-6-5-7-11-21/h5-8,10-12,14-16,18-19,32H,9,13,17,20H2,1-4H3,(H,31,33)/t29-/m1/s1. The maximum absolute atomic E-state index is 12.1. The quantitative estimate of drug-likeness (QED) is 0.324. The van der Waals surface area contributed by atoms with Gasteiger partial charge in [0.15, 0.2) is 0 Å². The summed E-state index contributed by atoms with van der Waals surface area (Å²) in [6, 6.07) is 23.8. The van der Waals surface area contributed by atoms with Crippen molar-refractivity contribution >= 4 is 17.7 Å². The number of hydrogen-bond donors (Lipinski definition) is 2. The van der Waals surface area contributed by atoms with Crippen molar-refractivity contribution in [1.82, 2.24) is 5.32 Å². The van der Waals surface area contributed by atoms with Gasteiger partial charge in [-0.15, -0.1) is 0 Å². The summed E-state index contributed by atoms with van der Waals surface area (Å²) in [4.78, 5) is 12.1. The van der Waals surface area contributed by atoms with E-state index in [1.165, 1.54) is 0 Å². The van der Waals surface area contributed by atoms with E-state index in [0.29, 0.717) is 23.6 Å². The second-order valence-corrected chi connectivity index (χ2v) is 10.4. The van der Waals surface area contributed by atoms with Gasteiger partial charge in [-0.3, -0.25) is 0 Å². The fourth-order valence-electron chi connectivity index (χ4n) is 3.70. The number of aliphatic hydroxyl groups excluding tert-OH is 1. The van der Waals surface area contributed by atoms with Crippen LogP contribution in [0.4, 0.5) is 4.79 Å². The van der Waals surface area contributed by atoms with E-state index in [2.05, 4.69) is 23.5 Å². The number of benzene rings is 3. The highest BCUT2D eigenvalue weighted by atomic mass is 35.5. The minimum absolute atomic E-state index is 0.186. The zero-order chi connectivity index (χ0) is 25.5. The third kappa shape index (κ3) is 8.30. The fourth-order valence-corrected chi connectivity index (χ4v) is 3.97. The molecule has 3 aromatic rings. The van der Waals surface area contributed by atoms with Crippen molar-refractivity contribution in [2.75, 3.05) is 6.61 Å². The molecule has 5 nitrogen and oxygen atoms in total. The smallest absolute Gasteiger partial charge is 0.408 e. The molecule has 0 radical (unpaired) electrons. The molecule has 35 heavy (non-hydrogen) atoms. The van der Waals surface area contributed by atoms with E-state index in [1.54, 1.807) is 27.7 Å². The molecule has 186 valence electrons. The molecule has 0 fully saturated rings. The topological polar surface area (TPSA) is 67.8 Å². The van der Waals surface area contributed by atoms with Crippen LogP contribution in [-0.4, -0.2) is 28.9 Å². The summed E-state index contributed by atoms with van der Waals surface area (Å²) in [7, 11) is 0. The Morgan fingerprint density at radius 3 is 2.26 bits per heavy atom. The predicted octanol–water partition coefficient (Wildman–Crippen LogP) is 7.40. The molecule has 0 unspecified atom stereocenters. The van der Waals surface area contributed by atoms with Gasteiger partial charge in [0.1, 0.15) is 17.1 Å². The Morgan fingerprint density at radius 2 is 1.60 bits per heavy atom. The average molecular weight is 496 g/mol. The lowest BCUT2D eigenvalue weighted by Gasteiger charge is -2.30. The van der Waals surface area contributed by atoms with Gasteiger partial charge < -0.3 is 19.9 Å². The molecular weight excluding hydrogens is 462 g/mol. The summed E-state index contributed by atoms with van der Waals surface area (Å²) in [5, 5.41) is 13.2. The summed E-state index contributed by atoms with van der Waals surface area (Å²) in [6.07, 6.45) is 1.47. The Balaban J connectivity index is 1.58. The number of carbonyl (C=O) groups excluding carboxylic acids is 1. The van der Waals surface area contributed by atoms with Crippen LogP contribution in [0.1, 0.15) is 46.1 Å². The van der Waals surface area contributed by atoms with Crippen LogP contribution in [0.25, 0.3) is 11.1 Å². The SMILES string of the molecule is CC(C)(C)OC(=O)N[C@@](C)(CO)CCCc1ccc(Oc2cccc(-c3ccccc3)c2)cc1Cl. The van der Waals surface area contributed by atoms with Gasteiger partial charge in [0.25, 0.3) is 0 Å². The molecular formula is C29H34ClNO4. The van der Waals surface area contributed by atoms with E-state index >= 15 is 0 Å². The van der Waals surface area contributed by atoms with E-state index in [9.17, 15) is 9.90 Å². The monoisotopic (exact) mass is 495 g/mol. The van der Waals surface area contributed by atoms with E-state index in [0.717, 1.165) is 28.9 Å². The van der Waals surface area contributed by atoms with Gasteiger partial charge in [-0.1, -0.05) is 60.1 Å². The first-order chi connectivity index (χ1) is 16.6. The molecule has 2 N–H and O–H groups in total. The number of aliphatic hydroxyl groups is 1. The molecule has 0 spiro atoms. The third-order valence-electron chi connectivity index (χ3n) is 5.53. The number of hydrogen-bond acceptors (Lipinski definition) is 4. The van der Waals surface area contributed by atoms with E-state index in [1.807, 2.05) is 54.6 Å². The van der Waals surface area contributed by atoms with Gasteiger partial charge in [0.2, 0.25) is 0 Å². The number of amides is 1. The van der Waals surface area contributed by atoms with Crippen molar-refractivity contribution in [3.63, 3.8) is 0 Å². The van der Waals surface area contributed by atoms with Crippen molar-refractivity contribution in [1.29, 1.82) is 0 Å². The summed E-state index contributed by atoms with van der Waals surface area (Å²) < 4.78 is 11.4. The van der Waals surface area contributed by atoms with Crippen molar-refractivity contribution < 1.29 is 19.4 Å². The minimum atomic E-state index is -0.776. The first-order valence-corrected chi connectivity index (χ1v) is 12.2. The van der Waals surface area contributed by atoms with Gasteiger partial charge in [-0.05, 0) is 87.9 Å². The summed E-state index contributed by atoms with van der Waals surface area (Å²) in [6.45, 7) is 7.03. The number of nitrogens with one attached hydrogen (secondary N) is 1. The van der Waals surface area contributed by atoms with E-state index in [-0.39, 0.29) is 6.61 Å². The third-order valence-corrected chi connectivity index (χ3v) is 5.88. The molecule has 0 aromatic heterocycles. The van der Waals surface area contributed by atoms with Crippen LogP contribution in [0.5, 0.6) is 11.5 Å². The first kappa shape index (κ1) is 26.6. The van der Waals surface area contributed by atoms with Gasteiger partial charge in [-0.25, -0.2) is 4.79 Å². The van der Waals surface area contributed by atoms with Crippen LogP contribution in [0.15, 0.2) is 72.8 Å². The maximum Gasteiger partial charge on any atom is 0.408 e. The summed E-state index contributed by atoms with van der Waals surface area (Å²) in [5.74, 6) is 1.40. The van der Waals surface area contributed by atoms with Gasteiger partial charge in [0.05, 0.1) is 12.1 Å². The molecule has 0 saturated heterocycles. The van der Waals surface area contributed by atoms with Crippen LogP contribution in [0.2, 0.25) is 5.02 Å². The number of alkyl carbamates (subject to hydrolysis) is 1. The molecule has 0 aliphatic heterocycles. The largest absolute Gasteiger partial charge is 0.457 e. The maximum atomic E-state index is 12.1. The van der Waals surface area contributed by atoms with E-state index in [4.69, 9.17) is 21.1 Å². The van der Waals surface area contributed by atoms with Gasteiger partial charge in [-0.2, -0.15) is 0 Å². The van der Waals surface area contributed by atoms with Crippen molar-refractivity contribution in [2.24, 2.45) is 0 Å². The Kier molecular flexibility index (Phi) is 8.82. The Morgan fingerprint density at radius 1 is 0.914 bits per heavy atom. The molecule has 6 heteroatoms. The Hall–Kier alpha value is -3.02. The predicted molar refractivity (Wildman–Crippen MR) is 141 cm³/mol. The van der Waals surface area contributed by atoms with Crippen molar-refractivity contribution in [3.8, 4) is 22.6 Å². The molecule has 1 atom stereocenters. The number of ether oxygens (including phenoxy) is 2.